The van der Waals surface area contributed by atoms with Crippen LogP contribution in [0.15, 0.2) is 73.1 Å². The van der Waals surface area contributed by atoms with Crippen molar-refractivity contribution >= 4 is 23.1 Å². The summed E-state index contributed by atoms with van der Waals surface area (Å²) in [6.45, 7) is 3.98. The van der Waals surface area contributed by atoms with Crippen molar-refractivity contribution in [3.05, 3.63) is 89.3 Å². The lowest BCUT2D eigenvalue weighted by molar-refractivity contribution is 0.481. The van der Waals surface area contributed by atoms with Crippen LogP contribution in [0.1, 0.15) is 11.3 Å². The molecule has 0 fully saturated rings. The Kier molecular flexibility index (Phi) is 5.40. The molecule has 0 atom stereocenters. The van der Waals surface area contributed by atoms with E-state index in [2.05, 4.69) is 15.3 Å². The van der Waals surface area contributed by atoms with Gasteiger partial charge in [-0.15, -0.1) is 0 Å². The normalized spacial score (nSPS) is 10.6. The number of hydrogen-bond donors (Lipinski definition) is 1. The number of aryl methyl sites for hydroxylation is 2. The van der Waals surface area contributed by atoms with Gasteiger partial charge in [-0.1, -0.05) is 29.8 Å². The molecule has 0 spiro atoms. The first-order chi connectivity index (χ1) is 14.1. The Bertz CT molecular complexity index is 1150. The Balaban J connectivity index is 1.66. The van der Waals surface area contributed by atoms with Crippen LogP contribution in [-0.2, 0) is 0 Å². The second-order valence-corrected chi connectivity index (χ2v) is 6.94. The van der Waals surface area contributed by atoms with Crippen molar-refractivity contribution in [1.29, 1.82) is 0 Å². The lowest BCUT2D eigenvalue weighted by Gasteiger charge is -2.14. The highest BCUT2D eigenvalue weighted by molar-refractivity contribution is 6.33. The van der Waals surface area contributed by atoms with Gasteiger partial charge in [-0.2, -0.15) is 0 Å². The topological polar surface area (TPSA) is 59.9 Å². The fourth-order valence-corrected chi connectivity index (χ4v) is 3.00. The van der Waals surface area contributed by atoms with Gasteiger partial charge in [0.05, 0.1) is 16.4 Å². The number of pyridine rings is 3. The molecule has 0 unspecified atom stereocenters. The standard InChI is InChI=1S/C23H19ClN4O/c1-15-13-21(23(27-16(15)2)20-9-5-6-11-25-20)29-17-10-12-26-22(14-17)28-19-8-4-3-7-18(19)24/h3-14H,1-2H3,(H,26,28). The van der Waals surface area contributed by atoms with E-state index in [0.29, 0.717) is 28.0 Å². The van der Waals surface area contributed by atoms with Crippen molar-refractivity contribution in [2.75, 3.05) is 5.32 Å². The SMILES string of the molecule is Cc1cc(Oc2ccnc(Nc3ccccc3Cl)c2)c(-c2ccccn2)nc1C. The summed E-state index contributed by atoms with van der Waals surface area (Å²) in [6, 6.07) is 18.8. The van der Waals surface area contributed by atoms with Gasteiger partial charge in [0.25, 0.3) is 0 Å². The van der Waals surface area contributed by atoms with Gasteiger partial charge in [0.15, 0.2) is 5.75 Å². The zero-order chi connectivity index (χ0) is 20.2. The van der Waals surface area contributed by atoms with Crippen LogP contribution >= 0.6 is 11.6 Å². The Labute approximate surface area is 174 Å². The third-order valence-corrected chi connectivity index (χ3v) is 4.76. The molecular formula is C23H19ClN4O. The zero-order valence-electron chi connectivity index (χ0n) is 16.1. The number of anilines is 2. The van der Waals surface area contributed by atoms with E-state index in [9.17, 15) is 0 Å². The fourth-order valence-electron chi connectivity index (χ4n) is 2.82. The van der Waals surface area contributed by atoms with Gasteiger partial charge >= 0.3 is 0 Å². The molecule has 3 aromatic heterocycles. The van der Waals surface area contributed by atoms with E-state index in [-0.39, 0.29) is 0 Å². The molecule has 0 aliphatic heterocycles. The van der Waals surface area contributed by atoms with Gasteiger partial charge < -0.3 is 10.1 Å². The average molecular weight is 403 g/mol. The maximum absolute atomic E-state index is 6.23. The summed E-state index contributed by atoms with van der Waals surface area (Å²) in [5.41, 5.74) is 4.22. The molecule has 29 heavy (non-hydrogen) atoms. The number of hydrogen-bond acceptors (Lipinski definition) is 5. The molecule has 144 valence electrons. The highest BCUT2D eigenvalue weighted by atomic mass is 35.5. The molecular weight excluding hydrogens is 384 g/mol. The van der Waals surface area contributed by atoms with E-state index in [1.807, 2.05) is 68.4 Å². The van der Waals surface area contributed by atoms with Crippen LogP contribution in [0.5, 0.6) is 11.5 Å². The van der Waals surface area contributed by atoms with Crippen molar-refractivity contribution in [1.82, 2.24) is 15.0 Å². The van der Waals surface area contributed by atoms with Crippen LogP contribution in [0.4, 0.5) is 11.5 Å². The van der Waals surface area contributed by atoms with Gasteiger partial charge in [0.2, 0.25) is 0 Å². The molecule has 0 bridgehead atoms. The fraction of sp³-hybridized carbons (Fsp3) is 0.0870. The first-order valence-electron chi connectivity index (χ1n) is 9.15. The molecule has 0 saturated carbocycles. The summed E-state index contributed by atoms with van der Waals surface area (Å²) in [5, 5.41) is 3.84. The third-order valence-electron chi connectivity index (χ3n) is 4.43. The Morgan fingerprint density at radius 1 is 0.897 bits per heavy atom. The smallest absolute Gasteiger partial charge is 0.155 e. The quantitative estimate of drug-likeness (QED) is 0.421. The number of nitrogens with one attached hydrogen (secondary N) is 1. The van der Waals surface area contributed by atoms with Gasteiger partial charge in [-0.3, -0.25) is 4.98 Å². The minimum atomic E-state index is 0.622. The van der Waals surface area contributed by atoms with Gasteiger partial charge in [0, 0.05) is 24.2 Å². The van der Waals surface area contributed by atoms with Crippen LogP contribution in [0.3, 0.4) is 0 Å². The number of aromatic nitrogens is 3. The summed E-state index contributed by atoms with van der Waals surface area (Å²) < 4.78 is 6.19. The number of rotatable bonds is 5. The monoisotopic (exact) mass is 402 g/mol. The van der Waals surface area contributed by atoms with Crippen molar-refractivity contribution in [3.8, 4) is 22.9 Å². The number of ether oxygens (including phenoxy) is 1. The van der Waals surface area contributed by atoms with Gasteiger partial charge in [-0.25, -0.2) is 9.97 Å². The van der Waals surface area contributed by atoms with E-state index in [0.717, 1.165) is 22.6 Å². The first kappa shape index (κ1) is 18.9. The highest BCUT2D eigenvalue weighted by Crippen LogP contribution is 2.33. The Morgan fingerprint density at radius 2 is 1.72 bits per heavy atom. The number of nitrogens with zero attached hydrogens (tertiary/aromatic N) is 3. The zero-order valence-corrected chi connectivity index (χ0v) is 16.8. The summed E-state index contributed by atoms with van der Waals surface area (Å²) >= 11 is 6.23. The molecule has 6 heteroatoms. The highest BCUT2D eigenvalue weighted by Gasteiger charge is 2.13. The Morgan fingerprint density at radius 3 is 2.52 bits per heavy atom. The van der Waals surface area contributed by atoms with Gasteiger partial charge in [0.1, 0.15) is 17.3 Å². The van der Waals surface area contributed by atoms with E-state index < -0.39 is 0 Å². The Hall–Kier alpha value is -3.44. The van der Waals surface area contributed by atoms with Crippen molar-refractivity contribution in [2.45, 2.75) is 13.8 Å². The molecule has 5 nitrogen and oxygen atoms in total. The number of halogens is 1. The van der Waals surface area contributed by atoms with E-state index in [1.54, 1.807) is 18.5 Å². The van der Waals surface area contributed by atoms with Crippen molar-refractivity contribution in [2.24, 2.45) is 0 Å². The minimum Gasteiger partial charge on any atom is -0.455 e. The van der Waals surface area contributed by atoms with E-state index in [4.69, 9.17) is 21.3 Å². The molecule has 0 radical (unpaired) electrons. The van der Waals surface area contributed by atoms with Crippen LogP contribution in [0.25, 0.3) is 11.4 Å². The maximum atomic E-state index is 6.23. The molecule has 1 N–H and O–H groups in total. The molecule has 0 saturated heterocycles. The van der Waals surface area contributed by atoms with Gasteiger partial charge in [-0.05, 0) is 55.8 Å². The largest absolute Gasteiger partial charge is 0.455 e. The van der Waals surface area contributed by atoms with E-state index in [1.165, 1.54) is 0 Å². The average Bonchev–Trinajstić information content (AvgIpc) is 2.73. The molecule has 0 aliphatic carbocycles. The summed E-state index contributed by atoms with van der Waals surface area (Å²) in [6.07, 6.45) is 3.43. The lowest BCUT2D eigenvalue weighted by atomic mass is 10.1. The predicted molar refractivity (Wildman–Crippen MR) is 116 cm³/mol. The molecule has 4 rings (SSSR count). The molecule has 1 aromatic carbocycles. The first-order valence-corrected chi connectivity index (χ1v) is 9.53. The van der Waals surface area contributed by atoms with Crippen LogP contribution in [0.2, 0.25) is 5.02 Å². The third kappa shape index (κ3) is 4.36. The lowest BCUT2D eigenvalue weighted by Crippen LogP contribution is -1.98. The minimum absolute atomic E-state index is 0.622. The summed E-state index contributed by atoms with van der Waals surface area (Å²) in [4.78, 5) is 13.5. The maximum Gasteiger partial charge on any atom is 0.155 e. The summed E-state index contributed by atoms with van der Waals surface area (Å²) in [7, 11) is 0. The predicted octanol–water partition coefficient (Wildman–Crippen LogP) is 6.34. The second-order valence-electron chi connectivity index (χ2n) is 6.54. The van der Waals surface area contributed by atoms with Crippen LogP contribution in [-0.4, -0.2) is 15.0 Å². The second kappa shape index (κ2) is 8.29. The number of para-hydroxylation sites is 1. The summed E-state index contributed by atoms with van der Waals surface area (Å²) in [5.74, 6) is 1.91. The molecule has 0 amide bonds. The van der Waals surface area contributed by atoms with Crippen LogP contribution in [0, 0.1) is 13.8 Å². The molecule has 0 aliphatic rings. The van der Waals surface area contributed by atoms with Crippen LogP contribution < -0.4 is 10.1 Å². The number of benzene rings is 1. The molecule has 3 heterocycles. The van der Waals surface area contributed by atoms with Crippen molar-refractivity contribution < 1.29 is 4.74 Å². The molecule has 4 aromatic rings. The van der Waals surface area contributed by atoms with Crippen molar-refractivity contribution in [3.63, 3.8) is 0 Å². The van der Waals surface area contributed by atoms with E-state index >= 15 is 0 Å².